The van der Waals surface area contributed by atoms with Crippen molar-refractivity contribution in [2.45, 2.75) is 45.1 Å². The van der Waals surface area contributed by atoms with Crippen LogP contribution in [0.3, 0.4) is 0 Å². The topological polar surface area (TPSA) is 59.5 Å². The molecular weight excluding hydrogens is 376 g/mol. The first-order valence-electron chi connectivity index (χ1n) is 10.6. The Hall–Kier alpha value is -3.21. The van der Waals surface area contributed by atoms with Gasteiger partial charge in [0.2, 0.25) is 0 Å². The number of benzene rings is 2. The Morgan fingerprint density at radius 2 is 1.80 bits per heavy atom. The fourth-order valence-corrected chi connectivity index (χ4v) is 4.70. The van der Waals surface area contributed by atoms with Crippen LogP contribution in [0.4, 0.5) is 5.69 Å². The van der Waals surface area contributed by atoms with Crippen molar-refractivity contribution in [1.82, 2.24) is 4.98 Å². The summed E-state index contributed by atoms with van der Waals surface area (Å²) in [6.07, 6.45) is 3.69. The van der Waals surface area contributed by atoms with Gasteiger partial charge in [-0.15, -0.1) is 0 Å². The molecule has 0 radical (unpaired) electrons. The van der Waals surface area contributed by atoms with Crippen LogP contribution in [0.2, 0.25) is 0 Å². The van der Waals surface area contributed by atoms with E-state index in [0.717, 1.165) is 65.5 Å². The Morgan fingerprint density at radius 1 is 1.00 bits per heavy atom. The van der Waals surface area contributed by atoms with E-state index in [1.807, 2.05) is 42.5 Å². The number of fused-ring (bicyclic) bond motifs is 3. The van der Waals surface area contributed by atoms with Gasteiger partial charge in [-0.3, -0.25) is 9.78 Å². The van der Waals surface area contributed by atoms with Gasteiger partial charge in [-0.1, -0.05) is 36.4 Å². The van der Waals surface area contributed by atoms with Gasteiger partial charge in [-0.2, -0.15) is 0 Å². The van der Waals surface area contributed by atoms with Crippen molar-refractivity contribution in [3.63, 3.8) is 0 Å². The predicted molar refractivity (Wildman–Crippen MR) is 116 cm³/mol. The molecule has 3 aromatic rings. The number of esters is 1. The number of hydrogen-bond donors (Lipinski definition) is 0. The Bertz CT molecular complexity index is 1150. The second kappa shape index (κ2) is 7.56. The van der Waals surface area contributed by atoms with Crippen LogP contribution in [0.1, 0.15) is 46.9 Å². The summed E-state index contributed by atoms with van der Waals surface area (Å²) in [6.45, 7) is 2.31. The molecule has 5 heteroatoms. The molecule has 1 aliphatic carbocycles. The summed E-state index contributed by atoms with van der Waals surface area (Å²) < 4.78 is 5.74. The zero-order chi connectivity index (χ0) is 20.7. The van der Waals surface area contributed by atoms with Gasteiger partial charge in [0, 0.05) is 23.3 Å². The van der Waals surface area contributed by atoms with E-state index in [1.54, 1.807) is 11.8 Å². The lowest BCUT2D eigenvalue weighted by Crippen LogP contribution is -2.42. The van der Waals surface area contributed by atoms with Crippen LogP contribution in [0.15, 0.2) is 48.5 Å². The molecule has 0 spiro atoms. The molecule has 2 aliphatic rings. The van der Waals surface area contributed by atoms with Gasteiger partial charge in [-0.25, -0.2) is 4.79 Å². The standard InChI is InChI=1S/C25H24N2O3/c1-16(24(28)27-15-7-9-17-8-2-5-14-22(17)27)30-25(29)23-18-10-3-4-12-20(18)26-21-13-6-11-19(21)23/h2-5,8,10,12,14,16H,6-7,9,11,13,15H2,1H3/t16-/m0/s1. The number of ether oxygens (including phenoxy) is 1. The molecule has 1 aromatic heterocycles. The fourth-order valence-electron chi connectivity index (χ4n) is 4.70. The minimum atomic E-state index is -0.854. The van der Waals surface area contributed by atoms with Crippen LogP contribution in [0, 0.1) is 0 Å². The van der Waals surface area contributed by atoms with Crippen molar-refractivity contribution >= 4 is 28.5 Å². The zero-order valence-corrected chi connectivity index (χ0v) is 17.1. The van der Waals surface area contributed by atoms with Crippen LogP contribution in [-0.2, 0) is 28.8 Å². The van der Waals surface area contributed by atoms with Crippen molar-refractivity contribution in [3.05, 3.63) is 70.9 Å². The van der Waals surface area contributed by atoms with E-state index in [2.05, 4.69) is 6.07 Å². The van der Waals surface area contributed by atoms with Gasteiger partial charge < -0.3 is 9.64 Å². The van der Waals surface area contributed by atoms with Gasteiger partial charge in [-0.05, 0) is 62.3 Å². The van der Waals surface area contributed by atoms with Crippen LogP contribution in [0.5, 0.6) is 0 Å². The minimum Gasteiger partial charge on any atom is -0.449 e. The molecule has 1 aliphatic heterocycles. The maximum atomic E-state index is 13.2. The third-order valence-corrected chi connectivity index (χ3v) is 6.13. The number of amides is 1. The summed E-state index contributed by atoms with van der Waals surface area (Å²) in [5, 5.41) is 0.797. The third-order valence-electron chi connectivity index (χ3n) is 6.13. The highest BCUT2D eigenvalue weighted by molar-refractivity contribution is 6.07. The first-order valence-corrected chi connectivity index (χ1v) is 10.6. The van der Waals surface area contributed by atoms with Gasteiger partial charge in [0.15, 0.2) is 6.10 Å². The van der Waals surface area contributed by atoms with E-state index < -0.39 is 12.1 Å². The molecule has 2 heterocycles. The summed E-state index contributed by atoms with van der Waals surface area (Å²) in [5.41, 5.74) is 5.41. The molecule has 0 saturated heterocycles. The molecule has 0 saturated carbocycles. The molecule has 152 valence electrons. The van der Waals surface area contributed by atoms with Gasteiger partial charge in [0.1, 0.15) is 0 Å². The molecule has 5 rings (SSSR count). The van der Waals surface area contributed by atoms with E-state index in [4.69, 9.17) is 9.72 Å². The summed E-state index contributed by atoms with van der Waals surface area (Å²) in [6, 6.07) is 15.6. The predicted octanol–water partition coefficient (Wildman–Crippen LogP) is 4.25. The molecule has 0 N–H and O–H groups in total. The van der Waals surface area contributed by atoms with E-state index in [9.17, 15) is 9.59 Å². The third kappa shape index (κ3) is 3.15. The summed E-state index contributed by atoms with van der Waals surface area (Å²) in [7, 11) is 0. The minimum absolute atomic E-state index is 0.175. The van der Waals surface area contributed by atoms with E-state index in [1.165, 1.54) is 0 Å². The quantitative estimate of drug-likeness (QED) is 0.617. The maximum absolute atomic E-state index is 13.2. The van der Waals surface area contributed by atoms with Crippen molar-refractivity contribution in [2.75, 3.05) is 11.4 Å². The molecule has 1 amide bonds. The SMILES string of the molecule is C[C@H](OC(=O)c1c2c(nc3ccccc13)CCC2)C(=O)N1CCCc2ccccc21. The van der Waals surface area contributed by atoms with Gasteiger partial charge in [0.25, 0.3) is 5.91 Å². The van der Waals surface area contributed by atoms with Crippen LogP contribution in [-0.4, -0.2) is 29.5 Å². The van der Waals surface area contributed by atoms with Gasteiger partial charge in [0.05, 0.1) is 11.1 Å². The Labute approximate surface area is 175 Å². The number of carbonyl (C=O) groups is 2. The summed E-state index contributed by atoms with van der Waals surface area (Å²) in [4.78, 5) is 32.9. The van der Waals surface area contributed by atoms with E-state index in [-0.39, 0.29) is 5.91 Å². The second-order valence-electron chi connectivity index (χ2n) is 8.05. The molecular formula is C25H24N2O3. The number of rotatable bonds is 3. The Balaban J connectivity index is 1.44. The van der Waals surface area contributed by atoms with Gasteiger partial charge >= 0.3 is 5.97 Å². The number of para-hydroxylation sites is 2. The molecule has 0 bridgehead atoms. The second-order valence-corrected chi connectivity index (χ2v) is 8.05. The Morgan fingerprint density at radius 3 is 2.70 bits per heavy atom. The fraction of sp³-hybridized carbons (Fsp3) is 0.320. The average molecular weight is 400 g/mol. The summed E-state index contributed by atoms with van der Waals surface area (Å²) >= 11 is 0. The van der Waals surface area contributed by atoms with Crippen LogP contribution >= 0.6 is 0 Å². The largest absolute Gasteiger partial charge is 0.449 e. The molecule has 30 heavy (non-hydrogen) atoms. The molecule has 5 nitrogen and oxygen atoms in total. The van der Waals surface area contributed by atoms with Crippen molar-refractivity contribution in [2.24, 2.45) is 0 Å². The lowest BCUT2D eigenvalue weighted by atomic mass is 10.0. The number of pyridine rings is 1. The average Bonchev–Trinajstić information content (AvgIpc) is 3.24. The van der Waals surface area contributed by atoms with Crippen molar-refractivity contribution in [1.29, 1.82) is 0 Å². The molecule has 1 atom stereocenters. The number of aryl methyl sites for hydroxylation is 2. The lowest BCUT2D eigenvalue weighted by molar-refractivity contribution is -0.126. The Kier molecular flexibility index (Phi) is 4.74. The molecule has 2 aromatic carbocycles. The first-order chi connectivity index (χ1) is 14.6. The molecule has 0 fully saturated rings. The van der Waals surface area contributed by atoms with E-state index in [0.29, 0.717) is 12.1 Å². The monoisotopic (exact) mass is 400 g/mol. The highest BCUT2D eigenvalue weighted by atomic mass is 16.5. The number of hydrogen-bond acceptors (Lipinski definition) is 4. The number of nitrogens with zero attached hydrogens (tertiary/aromatic N) is 2. The first kappa shape index (κ1) is 18.8. The highest BCUT2D eigenvalue weighted by Crippen LogP contribution is 2.31. The lowest BCUT2D eigenvalue weighted by Gasteiger charge is -2.31. The summed E-state index contributed by atoms with van der Waals surface area (Å²) in [5.74, 6) is -0.608. The zero-order valence-electron chi connectivity index (χ0n) is 17.1. The van der Waals surface area contributed by atoms with E-state index >= 15 is 0 Å². The van der Waals surface area contributed by atoms with Crippen molar-refractivity contribution in [3.8, 4) is 0 Å². The number of aromatic nitrogens is 1. The van der Waals surface area contributed by atoms with Crippen molar-refractivity contribution < 1.29 is 14.3 Å². The smallest absolute Gasteiger partial charge is 0.339 e. The highest BCUT2D eigenvalue weighted by Gasteiger charge is 2.31. The number of anilines is 1. The number of carbonyl (C=O) groups excluding carboxylic acids is 2. The molecule has 0 unspecified atom stereocenters. The van der Waals surface area contributed by atoms with Crippen LogP contribution in [0.25, 0.3) is 10.9 Å². The normalized spacial score (nSPS) is 16.1. The van der Waals surface area contributed by atoms with Crippen LogP contribution < -0.4 is 4.90 Å². The maximum Gasteiger partial charge on any atom is 0.339 e.